The van der Waals surface area contributed by atoms with E-state index in [0.29, 0.717) is 13.0 Å². The Morgan fingerprint density at radius 1 is 0.963 bits per heavy atom. The summed E-state index contributed by atoms with van der Waals surface area (Å²) >= 11 is 0. The minimum atomic E-state index is 0.243. The van der Waals surface area contributed by atoms with Crippen LogP contribution in [0, 0.1) is 27.7 Å². The molecular weight excluding hydrogens is 334 g/mol. The van der Waals surface area contributed by atoms with Gasteiger partial charge in [0.2, 0.25) is 5.91 Å². The van der Waals surface area contributed by atoms with Crippen molar-refractivity contribution in [2.75, 3.05) is 42.9 Å². The number of aryl methyl sites for hydroxylation is 3. The monoisotopic (exact) mass is 365 g/mol. The van der Waals surface area contributed by atoms with Crippen LogP contribution in [0.5, 0.6) is 0 Å². The first-order chi connectivity index (χ1) is 12.9. The van der Waals surface area contributed by atoms with Gasteiger partial charge in [-0.15, -0.1) is 0 Å². The van der Waals surface area contributed by atoms with Crippen LogP contribution in [0.25, 0.3) is 0 Å². The summed E-state index contributed by atoms with van der Waals surface area (Å²) in [5.41, 5.74) is 7.55. The van der Waals surface area contributed by atoms with Crippen molar-refractivity contribution in [3.63, 3.8) is 0 Å². The second kappa shape index (κ2) is 8.47. The first-order valence-corrected chi connectivity index (χ1v) is 9.85. The van der Waals surface area contributed by atoms with E-state index in [9.17, 15) is 4.79 Å². The summed E-state index contributed by atoms with van der Waals surface area (Å²) in [4.78, 5) is 17.0. The fourth-order valence-electron chi connectivity index (χ4n) is 3.82. The van der Waals surface area contributed by atoms with Crippen LogP contribution in [0.2, 0.25) is 0 Å². The summed E-state index contributed by atoms with van der Waals surface area (Å²) in [5.74, 6) is 0.243. The number of carbonyl (C=O) groups is 1. The van der Waals surface area contributed by atoms with Crippen molar-refractivity contribution in [1.29, 1.82) is 0 Å². The van der Waals surface area contributed by atoms with E-state index >= 15 is 0 Å². The van der Waals surface area contributed by atoms with Gasteiger partial charge >= 0.3 is 0 Å². The third-order valence-corrected chi connectivity index (χ3v) is 5.44. The van der Waals surface area contributed by atoms with E-state index in [1.54, 1.807) is 0 Å². The number of nitrogens with zero attached hydrogens (tertiary/aromatic N) is 2. The van der Waals surface area contributed by atoms with Gasteiger partial charge in [-0.3, -0.25) is 4.79 Å². The number of nitrogens with one attached hydrogen (secondary N) is 1. The lowest BCUT2D eigenvalue weighted by Crippen LogP contribution is -2.49. The van der Waals surface area contributed by atoms with Crippen LogP contribution in [-0.4, -0.2) is 43.5 Å². The van der Waals surface area contributed by atoms with Gasteiger partial charge < -0.3 is 15.1 Å². The molecule has 0 spiro atoms. The topological polar surface area (TPSA) is 35.6 Å². The maximum absolute atomic E-state index is 12.6. The maximum atomic E-state index is 12.6. The van der Waals surface area contributed by atoms with Gasteiger partial charge in [-0.05, 0) is 68.1 Å². The highest BCUT2D eigenvalue weighted by molar-refractivity contribution is 5.77. The molecule has 4 heteroatoms. The van der Waals surface area contributed by atoms with Crippen molar-refractivity contribution in [1.82, 2.24) is 4.90 Å². The van der Waals surface area contributed by atoms with Crippen LogP contribution in [0.15, 0.2) is 36.4 Å². The van der Waals surface area contributed by atoms with Crippen molar-refractivity contribution in [2.45, 2.75) is 34.1 Å². The number of anilines is 2. The molecule has 0 unspecified atom stereocenters. The minimum absolute atomic E-state index is 0.243. The molecule has 0 aromatic heterocycles. The molecule has 3 rings (SSSR count). The highest BCUT2D eigenvalue weighted by Crippen LogP contribution is 2.24. The molecule has 0 aliphatic carbocycles. The Hall–Kier alpha value is -2.49. The molecule has 144 valence electrons. The molecule has 0 bridgehead atoms. The van der Waals surface area contributed by atoms with E-state index < -0.39 is 0 Å². The smallest absolute Gasteiger partial charge is 0.224 e. The summed E-state index contributed by atoms with van der Waals surface area (Å²) in [6.07, 6.45) is 0.538. The van der Waals surface area contributed by atoms with Crippen LogP contribution >= 0.6 is 0 Å². The zero-order chi connectivity index (χ0) is 19.4. The number of rotatable bonds is 5. The Labute approximate surface area is 163 Å². The molecule has 1 amide bonds. The normalized spacial score (nSPS) is 14.4. The maximum Gasteiger partial charge on any atom is 0.224 e. The van der Waals surface area contributed by atoms with Crippen molar-refractivity contribution < 1.29 is 4.79 Å². The fourth-order valence-corrected chi connectivity index (χ4v) is 3.82. The lowest BCUT2D eigenvalue weighted by Gasteiger charge is -2.37. The number of benzene rings is 2. The fraction of sp³-hybridized carbons (Fsp3) is 0.435. The molecule has 1 fully saturated rings. The first kappa shape index (κ1) is 19.3. The summed E-state index contributed by atoms with van der Waals surface area (Å²) in [5, 5.41) is 3.39. The van der Waals surface area contributed by atoms with Gasteiger partial charge in [0.1, 0.15) is 0 Å². The van der Waals surface area contributed by atoms with Crippen LogP contribution in [0.1, 0.15) is 28.7 Å². The third-order valence-electron chi connectivity index (χ3n) is 5.44. The zero-order valence-corrected chi connectivity index (χ0v) is 17.0. The molecule has 1 heterocycles. The molecule has 0 saturated carbocycles. The highest BCUT2D eigenvalue weighted by Gasteiger charge is 2.21. The van der Waals surface area contributed by atoms with E-state index in [0.717, 1.165) is 31.9 Å². The van der Waals surface area contributed by atoms with Gasteiger partial charge in [-0.25, -0.2) is 0 Å². The standard InChI is InChI=1S/C23H31N3O/c1-17-14-18(2)16-21(15-17)24-9-8-23(27)26-12-10-25(11-13-26)22-7-5-6-19(3)20(22)4/h5-7,14-16,24H,8-13H2,1-4H3. The molecule has 0 radical (unpaired) electrons. The number of hydrogen-bond donors (Lipinski definition) is 1. The summed E-state index contributed by atoms with van der Waals surface area (Å²) in [6, 6.07) is 12.9. The molecular formula is C23H31N3O. The Morgan fingerprint density at radius 2 is 1.63 bits per heavy atom. The lowest BCUT2D eigenvalue weighted by molar-refractivity contribution is -0.131. The van der Waals surface area contributed by atoms with Gasteiger partial charge in [0.25, 0.3) is 0 Å². The SMILES string of the molecule is Cc1cc(C)cc(NCCC(=O)N2CCN(c3cccc(C)c3C)CC2)c1. The first-order valence-electron chi connectivity index (χ1n) is 9.85. The molecule has 1 aliphatic rings. The molecule has 1 aliphatic heterocycles. The number of hydrogen-bond acceptors (Lipinski definition) is 3. The van der Waals surface area contributed by atoms with Crippen LogP contribution in [-0.2, 0) is 4.79 Å². The average Bonchev–Trinajstić information content (AvgIpc) is 2.63. The van der Waals surface area contributed by atoms with Crippen LogP contribution in [0.4, 0.5) is 11.4 Å². The highest BCUT2D eigenvalue weighted by atomic mass is 16.2. The van der Waals surface area contributed by atoms with Crippen LogP contribution in [0.3, 0.4) is 0 Å². The summed E-state index contributed by atoms with van der Waals surface area (Å²) < 4.78 is 0. The largest absolute Gasteiger partial charge is 0.385 e. The zero-order valence-electron chi connectivity index (χ0n) is 17.0. The average molecular weight is 366 g/mol. The Kier molecular flexibility index (Phi) is 6.04. The lowest BCUT2D eigenvalue weighted by atomic mass is 10.1. The van der Waals surface area contributed by atoms with Crippen LogP contribution < -0.4 is 10.2 Å². The van der Waals surface area contributed by atoms with Crippen molar-refractivity contribution in [3.05, 3.63) is 58.7 Å². The molecule has 4 nitrogen and oxygen atoms in total. The van der Waals surface area contributed by atoms with E-state index in [1.807, 2.05) is 4.90 Å². The quantitative estimate of drug-likeness (QED) is 0.867. The molecule has 0 atom stereocenters. The second-order valence-corrected chi connectivity index (χ2v) is 7.64. The van der Waals surface area contributed by atoms with Crippen molar-refractivity contribution >= 4 is 17.3 Å². The van der Waals surface area contributed by atoms with Gasteiger partial charge in [0.05, 0.1) is 0 Å². The van der Waals surface area contributed by atoms with E-state index in [2.05, 4.69) is 74.3 Å². The number of carbonyl (C=O) groups excluding carboxylic acids is 1. The van der Waals surface area contributed by atoms with Gasteiger partial charge in [-0.1, -0.05) is 18.2 Å². The molecule has 1 N–H and O–H groups in total. The van der Waals surface area contributed by atoms with Gasteiger partial charge in [0, 0.05) is 50.5 Å². The molecule has 1 saturated heterocycles. The Bertz CT molecular complexity index is 787. The molecule has 27 heavy (non-hydrogen) atoms. The van der Waals surface area contributed by atoms with E-state index in [-0.39, 0.29) is 5.91 Å². The summed E-state index contributed by atoms with van der Waals surface area (Å²) in [6.45, 7) is 12.6. The predicted molar refractivity (Wildman–Crippen MR) is 114 cm³/mol. The number of piperazine rings is 1. The summed E-state index contributed by atoms with van der Waals surface area (Å²) in [7, 11) is 0. The Morgan fingerprint density at radius 3 is 2.30 bits per heavy atom. The van der Waals surface area contributed by atoms with Crippen molar-refractivity contribution in [3.8, 4) is 0 Å². The third kappa shape index (κ3) is 4.82. The second-order valence-electron chi connectivity index (χ2n) is 7.64. The molecule has 2 aromatic rings. The predicted octanol–water partition coefficient (Wildman–Crippen LogP) is 4.07. The molecule has 2 aromatic carbocycles. The number of amides is 1. The minimum Gasteiger partial charge on any atom is -0.385 e. The van der Waals surface area contributed by atoms with E-state index in [1.165, 1.54) is 27.9 Å². The Balaban J connectivity index is 1.48. The van der Waals surface area contributed by atoms with Gasteiger partial charge in [-0.2, -0.15) is 0 Å². The van der Waals surface area contributed by atoms with E-state index in [4.69, 9.17) is 0 Å². The van der Waals surface area contributed by atoms with Gasteiger partial charge in [0.15, 0.2) is 0 Å². The van der Waals surface area contributed by atoms with Crippen molar-refractivity contribution in [2.24, 2.45) is 0 Å².